The van der Waals surface area contributed by atoms with Crippen molar-refractivity contribution < 1.29 is 14.6 Å². The Labute approximate surface area is 166 Å². The second-order valence-electron chi connectivity index (χ2n) is 7.65. The van der Waals surface area contributed by atoms with E-state index in [1.807, 2.05) is 12.2 Å². The number of hydrogen-bond donors (Lipinski definition) is 1. The molecule has 154 valence electrons. The Bertz CT molecular complexity index is 460. The highest BCUT2D eigenvalue weighted by Gasteiger charge is 2.36. The zero-order chi connectivity index (χ0) is 19.7. The first-order valence-corrected chi connectivity index (χ1v) is 10.9. The molecule has 0 aromatic carbocycles. The molecular weight excluding hydrogens is 336 g/mol. The number of carbonyl (C=O) groups is 1. The van der Waals surface area contributed by atoms with Gasteiger partial charge in [-0.25, -0.2) is 0 Å². The summed E-state index contributed by atoms with van der Waals surface area (Å²) in [4.78, 5) is 11.7. The predicted octanol–water partition coefficient (Wildman–Crippen LogP) is 6.14. The summed E-state index contributed by atoms with van der Waals surface area (Å²) in [5, 5.41) is 9.97. The highest BCUT2D eigenvalue weighted by molar-refractivity contribution is 5.73. The third-order valence-electron chi connectivity index (χ3n) is 5.15. The van der Waals surface area contributed by atoms with E-state index in [-0.39, 0.29) is 18.0 Å². The van der Waals surface area contributed by atoms with Crippen molar-refractivity contribution in [1.82, 2.24) is 0 Å². The lowest BCUT2D eigenvalue weighted by Crippen LogP contribution is -2.17. The molecule has 0 saturated heterocycles. The van der Waals surface area contributed by atoms with Crippen LogP contribution < -0.4 is 0 Å². The van der Waals surface area contributed by atoms with Crippen molar-refractivity contribution in [3.63, 3.8) is 0 Å². The van der Waals surface area contributed by atoms with E-state index in [4.69, 9.17) is 4.74 Å². The molecule has 0 aromatic heterocycles. The van der Waals surface area contributed by atoms with Gasteiger partial charge in [-0.3, -0.25) is 4.79 Å². The molecule has 1 N–H and O–H groups in total. The standard InChI is InChI=1S/C24H40O3/c1-3-4-5-6-7-8-10-13-16-22(25)17-14-11-9-12-15-18-23(21-19-20-21)24(26)27-2/h7-9,12,14,17,21-23,25H,3-6,10-11,13,15-16,18-20H2,1-2H3/b8-7-,12-9-,17-14-/t22-,23?/m1/s1. The van der Waals surface area contributed by atoms with Crippen LogP contribution in [-0.2, 0) is 9.53 Å². The van der Waals surface area contributed by atoms with Gasteiger partial charge < -0.3 is 9.84 Å². The molecule has 27 heavy (non-hydrogen) atoms. The third-order valence-corrected chi connectivity index (χ3v) is 5.15. The van der Waals surface area contributed by atoms with E-state index < -0.39 is 0 Å². The largest absolute Gasteiger partial charge is 0.469 e. The zero-order valence-electron chi connectivity index (χ0n) is 17.4. The Kier molecular flexibility index (Phi) is 13.8. The average Bonchev–Trinajstić information content (AvgIpc) is 3.50. The molecule has 1 unspecified atom stereocenters. The molecule has 2 atom stereocenters. The van der Waals surface area contributed by atoms with Gasteiger partial charge in [-0.15, -0.1) is 0 Å². The summed E-state index contributed by atoms with van der Waals surface area (Å²) in [6, 6.07) is 0. The molecule has 1 aliphatic rings. The smallest absolute Gasteiger partial charge is 0.308 e. The van der Waals surface area contributed by atoms with E-state index in [1.165, 1.54) is 45.6 Å². The van der Waals surface area contributed by atoms with Crippen LogP contribution in [0, 0.1) is 11.8 Å². The van der Waals surface area contributed by atoms with E-state index in [1.54, 1.807) is 0 Å². The number of aliphatic hydroxyl groups is 1. The number of rotatable bonds is 16. The quantitative estimate of drug-likeness (QED) is 0.200. The highest BCUT2D eigenvalue weighted by Crippen LogP contribution is 2.39. The number of unbranched alkanes of at least 4 members (excludes halogenated alkanes) is 4. The molecule has 3 heteroatoms. The first-order valence-electron chi connectivity index (χ1n) is 10.9. The number of esters is 1. The van der Waals surface area contributed by atoms with Crippen molar-refractivity contribution in [3.8, 4) is 0 Å². The number of aliphatic hydroxyl groups excluding tert-OH is 1. The van der Waals surface area contributed by atoms with Crippen molar-refractivity contribution in [2.75, 3.05) is 7.11 Å². The van der Waals surface area contributed by atoms with Gasteiger partial charge in [0, 0.05) is 0 Å². The minimum atomic E-state index is -0.342. The number of carbonyl (C=O) groups excluding carboxylic acids is 1. The first-order chi connectivity index (χ1) is 13.2. The van der Waals surface area contributed by atoms with Crippen molar-refractivity contribution >= 4 is 5.97 Å². The van der Waals surface area contributed by atoms with Crippen molar-refractivity contribution in [2.45, 2.75) is 90.1 Å². The van der Waals surface area contributed by atoms with Crippen molar-refractivity contribution in [3.05, 3.63) is 36.5 Å². The highest BCUT2D eigenvalue weighted by atomic mass is 16.5. The Balaban J connectivity index is 2.03. The fourth-order valence-electron chi connectivity index (χ4n) is 3.29. The van der Waals surface area contributed by atoms with Crippen LogP contribution in [0.4, 0.5) is 0 Å². The van der Waals surface area contributed by atoms with E-state index in [2.05, 4.69) is 31.2 Å². The molecule has 1 saturated carbocycles. The average molecular weight is 377 g/mol. The summed E-state index contributed by atoms with van der Waals surface area (Å²) in [7, 11) is 1.48. The summed E-state index contributed by atoms with van der Waals surface area (Å²) in [6.07, 6.45) is 25.3. The maximum absolute atomic E-state index is 11.7. The van der Waals surface area contributed by atoms with Gasteiger partial charge in [0.15, 0.2) is 0 Å². The lowest BCUT2D eigenvalue weighted by molar-refractivity contribution is -0.146. The molecule has 0 aliphatic heterocycles. The molecule has 0 aromatic rings. The van der Waals surface area contributed by atoms with Gasteiger partial charge in [-0.05, 0) is 70.1 Å². The molecule has 0 amide bonds. The molecule has 3 nitrogen and oxygen atoms in total. The van der Waals surface area contributed by atoms with Gasteiger partial charge in [0.25, 0.3) is 0 Å². The minimum Gasteiger partial charge on any atom is -0.469 e. The Morgan fingerprint density at radius 2 is 1.70 bits per heavy atom. The van der Waals surface area contributed by atoms with Crippen molar-refractivity contribution in [1.29, 1.82) is 0 Å². The molecule has 0 bridgehead atoms. The van der Waals surface area contributed by atoms with Gasteiger partial charge in [0.1, 0.15) is 0 Å². The number of allylic oxidation sites excluding steroid dienone is 5. The van der Waals surface area contributed by atoms with Crippen LogP contribution in [0.2, 0.25) is 0 Å². The number of ether oxygens (including phenoxy) is 1. The van der Waals surface area contributed by atoms with Crippen LogP contribution in [0.1, 0.15) is 84.0 Å². The lowest BCUT2D eigenvalue weighted by Gasteiger charge is -2.11. The summed E-state index contributed by atoms with van der Waals surface area (Å²) < 4.78 is 4.90. The van der Waals surface area contributed by atoms with Gasteiger partial charge in [-0.2, -0.15) is 0 Å². The topological polar surface area (TPSA) is 46.5 Å². The summed E-state index contributed by atoms with van der Waals surface area (Å²) >= 11 is 0. The fraction of sp³-hybridized carbons (Fsp3) is 0.708. The molecular formula is C24H40O3. The number of hydrogen-bond acceptors (Lipinski definition) is 3. The Hall–Kier alpha value is -1.35. The molecule has 1 aliphatic carbocycles. The predicted molar refractivity (Wildman–Crippen MR) is 114 cm³/mol. The Morgan fingerprint density at radius 3 is 2.37 bits per heavy atom. The van der Waals surface area contributed by atoms with Crippen LogP contribution in [0.3, 0.4) is 0 Å². The molecule has 1 fully saturated rings. The van der Waals surface area contributed by atoms with Crippen LogP contribution in [0.5, 0.6) is 0 Å². The van der Waals surface area contributed by atoms with Gasteiger partial charge in [0.05, 0.1) is 19.1 Å². The maximum Gasteiger partial charge on any atom is 0.308 e. The van der Waals surface area contributed by atoms with Gasteiger partial charge >= 0.3 is 5.97 Å². The summed E-state index contributed by atoms with van der Waals surface area (Å²) in [5.74, 6) is 0.578. The molecule has 0 heterocycles. The fourth-order valence-corrected chi connectivity index (χ4v) is 3.29. The lowest BCUT2D eigenvalue weighted by atomic mass is 9.98. The summed E-state index contributed by atoms with van der Waals surface area (Å²) in [5.41, 5.74) is 0. The van der Waals surface area contributed by atoms with E-state index in [0.29, 0.717) is 5.92 Å². The second kappa shape index (κ2) is 15.7. The molecule has 1 rings (SSSR count). The van der Waals surface area contributed by atoms with Crippen molar-refractivity contribution in [2.24, 2.45) is 11.8 Å². The molecule has 0 radical (unpaired) electrons. The van der Waals surface area contributed by atoms with Gasteiger partial charge in [-0.1, -0.05) is 56.2 Å². The second-order valence-corrected chi connectivity index (χ2v) is 7.65. The first kappa shape index (κ1) is 23.7. The van der Waals surface area contributed by atoms with E-state index >= 15 is 0 Å². The van der Waals surface area contributed by atoms with Crippen LogP contribution >= 0.6 is 0 Å². The minimum absolute atomic E-state index is 0.0512. The van der Waals surface area contributed by atoms with E-state index in [9.17, 15) is 9.90 Å². The Morgan fingerprint density at radius 1 is 1.00 bits per heavy atom. The van der Waals surface area contributed by atoms with E-state index in [0.717, 1.165) is 38.5 Å². The zero-order valence-corrected chi connectivity index (χ0v) is 17.4. The summed E-state index contributed by atoms with van der Waals surface area (Å²) in [6.45, 7) is 2.23. The number of methoxy groups -OCH3 is 1. The SMILES string of the molecule is CCCCC/C=C\CCC[C@@H](O)/C=C\C/C=C\CCC(C(=O)OC)C1CC1. The monoisotopic (exact) mass is 376 g/mol. The maximum atomic E-state index is 11.7. The van der Waals surface area contributed by atoms with Gasteiger partial charge in [0.2, 0.25) is 0 Å². The van der Waals surface area contributed by atoms with Crippen LogP contribution in [0.15, 0.2) is 36.5 Å². The molecule has 0 spiro atoms. The van der Waals surface area contributed by atoms with Crippen LogP contribution in [0.25, 0.3) is 0 Å². The third kappa shape index (κ3) is 12.6. The normalized spacial score (nSPS) is 17.1. The van der Waals surface area contributed by atoms with Crippen LogP contribution in [-0.4, -0.2) is 24.3 Å².